The van der Waals surface area contributed by atoms with E-state index in [1.54, 1.807) is 0 Å². The van der Waals surface area contributed by atoms with E-state index < -0.39 is 0 Å². The summed E-state index contributed by atoms with van der Waals surface area (Å²) in [5, 5.41) is 0. The Hall–Kier alpha value is -0.785. The summed E-state index contributed by atoms with van der Waals surface area (Å²) in [7, 11) is 1.99. The largest absolute Gasteiger partial charge is 0.269 e. The molecule has 0 aliphatic rings. The van der Waals surface area contributed by atoms with Gasteiger partial charge < -0.3 is 0 Å². The Balaban J connectivity index is 2.94. The Morgan fingerprint density at radius 1 is 1.44 bits per heavy atom. The summed E-state index contributed by atoms with van der Waals surface area (Å²) in [6.45, 7) is 3.98. The third-order valence-corrected chi connectivity index (χ3v) is 1.21. The summed E-state index contributed by atoms with van der Waals surface area (Å²) >= 11 is 0. The van der Waals surface area contributed by atoms with E-state index >= 15 is 0 Å². The van der Waals surface area contributed by atoms with Crippen LogP contribution in [0, 0.1) is 6.92 Å². The van der Waals surface area contributed by atoms with Crippen LogP contribution in [0.1, 0.15) is 5.69 Å². The molecule has 1 aromatic rings. The SMILES string of the molecule is C[B]c1cccc(C)n1. The van der Waals surface area contributed by atoms with Gasteiger partial charge in [0.05, 0.1) is 0 Å². The van der Waals surface area contributed by atoms with Gasteiger partial charge in [0.1, 0.15) is 0 Å². The lowest BCUT2D eigenvalue weighted by atomic mass is 9.77. The van der Waals surface area contributed by atoms with Crippen LogP contribution in [-0.4, -0.2) is 12.3 Å². The molecule has 0 spiro atoms. The Labute approximate surface area is 56.4 Å². The second kappa shape index (κ2) is 2.67. The van der Waals surface area contributed by atoms with Crippen molar-refractivity contribution in [2.45, 2.75) is 13.7 Å². The Morgan fingerprint density at radius 3 is 2.67 bits per heavy atom. The number of hydrogen-bond acceptors (Lipinski definition) is 1. The highest BCUT2D eigenvalue weighted by molar-refractivity contribution is 6.50. The third-order valence-electron chi connectivity index (χ3n) is 1.21. The van der Waals surface area contributed by atoms with Gasteiger partial charge in [-0.25, -0.2) is 0 Å². The minimum atomic E-state index is 1.05. The summed E-state index contributed by atoms with van der Waals surface area (Å²) in [6, 6.07) is 6.00. The zero-order valence-electron chi connectivity index (χ0n) is 5.76. The van der Waals surface area contributed by atoms with Crippen LogP contribution in [0.3, 0.4) is 0 Å². The van der Waals surface area contributed by atoms with Gasteiger partial charge in [-0.2, -0.15) is 0 Å². The lowest BCUT2D eigenvalue weighted by Crippen LogP contribution is -2.14. The van der Waals surface area contributed by atoms with E-state index in [0.29, 0.717) is 0 Å². The van der Waals surface area contributed by atoms with E-state index in [1.165, 1.54) is 0 Å². The van der Waals surface area contributed by atoms with Gasteiger partial charge in [0.15, 0.2) is 7.28 Å². The monoisotopic (exact) mass is 118 g/mol. The maximum atomic E-state index is 4.24. The van der Waals surface area contributed by atoms with Crippen molar-refractivity contribution in [1.82, 2.24) is 4.98 Å². The van der Waals surface area contributed by atoms with Crippen LogP contribution in [0.25, 0.3) is 0 Å². The molecule has 0 aromatic carbocycles. The molecule has 0 unspecified atom stereocenters. The van der Waals surface area contributed by atoms with E-state index in [0.717, 1.165) is 11.3 Å². The molecular formula is C7H9BN. The Morgan fingerprint density at radius 2 is 2.22 bits per heavy atom. The maximum Gasteiger partial charge on any atom is 0.174 e. The van der Waals surface area contributed by atoms with Crippen LogP contribution in [0.4, 0.5) is 0 Å². The first kappa shape index (κ1) is 6.34. The van der Waals surface area contributed by atoms with Crippen molar-refractivity contribution >= 4 is 12.9 Å². The first-order valence-corrected chi connectivity index (χ1v) is 3.06. The maximum absolute atomic E-state index is 4.24. The molecule has 1 rings (SSSR count). The van der Waals surface area contributed by atoms with Crippen molar-refractivity contribution in [3.63, 3.8) is 0 Å². The predicted molar refractivity (Wildman–Crippen MR) is 40.2 cm³/mol. The first-order valence-electron chi connectivity index (χ1n) is 3.06. The number of nitrogens with zero attached hydrogens (tertiary/aromatic N) is 1. The minimum absolute atomic E-state index is 1.05. The predicted octanol–water partition coefficient (Wildman–Crippen LogP) is 0.768. The quantitative estimate of drug-likeness (QED) is 0.496. The second-order valence-corrected chi connectivity index (χ2v) is 1.99. The average Bonchev–Trinajstić information content (AvgIpc) is 1.88. The van der Waals surface area contributed by atoms with Crippen molar-refractivity contribution in [3.05, 3.63) is 23.9 Å². The van der Waals surface area contributed by atoms with E-state index in [9.17, 15) is 0 Å². The molecule has 9 heavy (non-hydrogen) atoms. The van der Waals surface area contributed by atoms with Crippen molar-refractivity contribution in [2.24, 2.45) is 0 Å². The number of aryl methyl sites for hydroxylation is 1. The van der Waals surface area contributed by atoms with Crippen LogP contribution in [-0.2, 0) is 0 Å². The van der Waals surface area contributed by atoms with Gasteiger partial charge in [-0.3, -0.25) is 4.98 Å². The van der Waals surface area contributed by atoms with Crippen molar-refractivity contribution in [3.8, 4) is 0 Å². The smallest absolute Gasteiger partial charge is 0.174 e. The molecule has 2 heteroatoms. The van der Waals surface area contributed by atoms with Gasteiger partial charge >= 0.3 is 0 Å². The molecule has 1 radical (unpaired) electrons. The number of rotatable bonds is 1. The summed E-state index contributed by atoms with van der Waals surface area (Å²) in [4.78, 5) is 4.24. The molecule has 0 aliphatic heterocycles. The molecule has 1 nitrogen and oxygen atoms in total. The normalized spacial score (nSPS) is 9.11. The summed E-state index contributed by atoms with van der Waals surface area (Å²) in [5.41, 5.74) is 2.13. The van der Waals surface area contributed by atoms with Crippen LogP contribution in [0.5, 0.6) is 0 Å². The van der Waals surface area contributed by atoms with E-state index in [2.05, 4.69) is 4.98 Å². The van der Waals surface area contributed by atoms with Gasteiger partial charge in [0.25, 0.3) is 0 Å². The fraction of sp³-hybridized carbons (Fsp3) is 0.286. The van der Waals surface area contributed by atoms with Crippen molar-refractivity contribution in [1.29, 1.82) is 0 Å². The Kier molecular flexibility index (Phi) is 1.88. The number of aromatic nitrogens is 1. The van der Waals surface area contributed by atoms with E-state index in [1.807, 2.05) is 39.2 Å². The highest BCUT2D eigenvalue weighted by Gasteiger charge is 1.88. The second-order valence-electron chi connectivity index (χ2n) is 1.99. The number of hydrogen-bond donors (Lipinski definition) is 0. The molecule has 0 saturated heterocycles. The highest BCUT2D eigenvalue weighted by atomic mass is 14.7. The molecule has 0 N–H and O–H groups in total. The molecule has 45 valence electrons. The molecule has 0 atom stereocenters. The van der Waals surface area contributed by atoms with Gasteiger partial charge in [0, 0.05) is 5.69 Å². The fourth-order valence-corrected chi connectivity index (χ4v) is 0.725. The minimum Gasteiger partial charge on any atom is -0.269 e. The standard InChI is InChI=1S/C7H9BN/c1-6-4-3-5-7(8-2)9-6/h3-5H,1-2H3. The molecule has 0 saturated carbocycles. The van der Waals surface area contributed by atoms with E-state index in [4.69, 9.17) is 0 Å². The van der Waals surface area contributed by atoms with Crippen LogP contribution in [0.15, 0.2) is 18.2 Å². The molecule has 1 heterocycles. The van der Waals surface area contributed by atoms with Gasteiger partial charge in [-0.1, -0.05) is 19.0 Å². The van der Waals surface area contributed by atoms with Crippen LogP contribution < -0.4 is 5.59 Å². The van der Waals surface area contributed by atoms with Gasteiger partial charge in [0.2, 0.25) is 0 Å². The summed E-state index contributed by atoms with van der Waals surface area (Å²) in [5.74, 6) is 0. The zero-order valence-corrected chi connectivity index (χ0v) is 5.76. The van der Waals surface area contributed by atoms with E-state index in [-0.39, 0.29) is 0 Å². The average molecular weight is 118 g/mol. The van der Waals surface area contributed by atoms with Crippen molar-refractivity contribution in [2.75, 3.05) is 0 Å². The zero-order chi connectivity index (χ0) is 6.69. The lowest BCUT2D eigenvalue weighted by molar-refractivity contribution is 1.24. The highest BCUT2D eigenvalue weighted by Crippen LogP contribution is 1.85. The fourth-order valence-electron chi connectivity index (χ4n) is 0.725. The van der Waals surface area contributed by atoms with Gasteiger partial charge in [-0.15, -0.1) is 0 Å². The molecule has 0 fully saturated rings. The van der Waals surface area contributed by atoms with Crippen LogP contribution in [0.2, 0.25) is 6.82 Å². The molecule has 0 bridgehead atoms. The third kappa shape index (κ3) is 1.56. The molecule has 0 amide bonds. The Bertz CT molecular complexity index is 198. The van der Waals surface area contributed by atoms with Crippen molar-refractivity contribution < 1.29 is 0 Å². The van der Waals surface area contributed by atoms with Crippen LogP contribution >= 0.6 is 0 Å². The summed E-state index contributed by atoms with van der Waals surface area (Å²) < 4.78 is 0. The topological polar surface area (TPSA) is 12.9 Å². The first-order chi connectivity index (χ1) is 4.33. The molecular weight excluding hydrogens is 109 g/mol. The molecule has 0 aliphatic carbocycles. The lowest BCUT2D eigenvalue weighted by Gasteiger charge is -1.93. The molecule has 1 aromatic heterocycles. The summed E-state index contributed by atoms with van der Waals surface area (Å²) in [6.07, 6.45) is 0. The number of pyridine rings is 1. The van der Waals surface area contributed by atoms with Gasteiger partial charge in [-0.05, 0) is 18.6 Å².